The molecule has 3 saturated heterocycles. The van der Waals surface area contributed by atoms with Crippen molar-refractivity contribution in [1.29, 1.82) is 5.26 Å². The van der Waals surface area contributed by atoms with Crippen molar-refractivity contribution in [2.24, 2.45) is 0 Å². The minimum absolute atomic E-state index is 0.0382. The zero-order valence-electron chi connectivity index (χ0n) is 24.5. The first-order valence-corrected chi connectivity index (χ1v) is 15.2. The van der Waals surface area contributed by atoms with Crippen LogP contribution in [0.1, 0.15) is 36.2 Å². The molecule has 1 N–H and O–H groups in total. The molecule has 3 aromatic heterocycles. The van der Waals surface area contributed by atoms with E-state index in [1.54, 1.807) is 18.2 Å². The van der Waals surface area contributed by atoms with Crippen molar-refractivity contribution in [3.63, 3.8) is 0 Å². The summed E-state index contributed by atoms with van der Waals surface area (Å²) in [6.45, 7) is 4.07. The van der Waals surface area contributed by atoms with Crippen LogP contribution in [0, 0.1) is 17.1 Å². The number of benzene rings is 2. The third kappa shape index (κ3) is 5.36. The van der Waals surface area contributed by atoms with E-state index in [1.807, 2.05) is 30.3 Å². The fourth-order valence-corrected chi connectivity index (χ4v) is 6.70. The van der Waals surface area contributed by atoms with Gasteiger partial charge in [0.25, 0.3) is 0 Å². The molecular formula is C32H31FN10O2. The highest BCUT2D eigenvalue weighted by Gasteiger charge is 2.41. The van der Waals surface area contributed by atoms with Crippen LogP contribution >= 0.6 is 0 Å². The molecule has 0 spiro atoms. The number of piperazine rings is 1. The number of rotatable bonds is 9. The van der Waals surface area contributed by atoms with E-state index in [0.717, 1.165) is 80.3 Å². The number of aromatic nitrogens is 7. The van der Waals surface area contributed by atoms with Gasteiger partial charge in [0.05, 0.1) is 41.9 Å². The Morgan fingerprint density at radius 2 is 1.91 bits per heavy atom. The molecule has 45 heavy (non-hydrogen) atoms. The Hall–Kier alpha value is -4.93. The van der Waals surface area contributed by atoms with Crippen LogP contribution in [-0.4, -0.2) is 77.9 Å². The van der Waals surface area contributed by atoms with E-state index in [0.29, 0.717) is 29.4 Å². The highest BCUT2D eigenvalue weighted by atomic mass is 19.1. The van der Waals surface area contributed by atoms with Crippen LogP contribution in [-0.2, 0) is 24.4 Å². The van der Waals surface area contributed by atoms with Crippen molar-refractivity contribution in [3.05, 3.63) is 77.4 Å². The number of halogens is 1. The molecule has 0 aliphatic carbocycles. The minimum atomic E-state index is -0.459. The van der Waals surface area contributed by atoms with Gasteiger partial charge in [-0.3, -0.25) is 4.90 Å². The van der Waals surface area contributed by atoms with E-state index in [1.165, 1.54) is 6.07 Å². The normalized spacial score (nSPS) is 21.2. The minimum Gasteiger partial charge on any atom is -0.473 e. The molecule has 3 fully saturated rings. The maximum atomic E-state index is 14.4. The quantitative estimate of drug-likeness (QED) is 0.264. The van der Waals surface area contributed by atoms with Crippen LogP contribution in [0.4, 0.5) is 10.2 Å². The van der Waals surface area contributed by atoms with E-state index in [2.05, 4.69) is 41.1 Å². The Morgan fingerprint density at radius 1 is 1.04 bits per heavy atom. The molecule has 3 aliphatic rings. The molecule has 3 atom stereocenters. The number of aromatic amines is 1. The van der Waals surface area contributed by atoms with Crippen molar-refractivity contribution in [1.82, 2.24) is 40.1 Å². The topological polar surface area (TPSA) is 134 Å². The Bertz CT molecular complexity index is 1870. The second-order valence-corrected chi connectivity index (χ2v) is 11.9. The Labute approximate surface area is 258 Å². The maximum absolute atomic E-state index is 14.4. The van der Waals surface area contributed by atoms with Crippen molar-refractivity contribution in [2.45, 2.75) is 57.1 Å². The van der Waals surface area contributed by atoms with Crippen molar-refractivity contribution in [3.8, 4) is 23.3 Å². The summed E-state index contributed by atoms with van der Waals surface area (Å²) in [5.41, 5.74) is 3.56. The second kappa shape index (κ2) is 11.5. The summed E-state index contributed by atoms with van der Waals surface area (Å²) in [5, 5.41) is 23.6. The van der Waals surface area contributed by atoms with Crippen LogP contribution in [0.15, 0.2) is 54.6 Å². The molecule has 6 heterocycles. The Kier molecular flexibility index (Phi) is 7.08. The lowest BCUT2D eigenvalue weighted by Gasteiger charge is -2.41. The zero-order valence-corrected chi connectivity index (χ0v) is 24.5. The highest BCUT2D eigenvalue weighted by Crippen LogP contribution is 2.35. The van der Waals surface area contributed by atoms with E-state index in [-0.39, 0.29) is 18.3 Å². The lowest BCUT2D eigenvalue weighted by atomic mass is 10.1. The predicted octanol–water partition coefficient (Wildman–Crippen LogP) is 3.84. The first kappa shape index (κ1) is 27.6. The number of tetrazole rings is 1. The van der Waals surface area contributed by atoms with Gasteiger partial charge in [0.15, 0.2) is 0 Å². The summed E-state index contributed by atoms with van der Waals surface area (Å²) in [6.07, 6.45) is 3.47. The van der Waals surface area contributed by atoms with Gasteiger partial charge in [-0.25, -0.2) is 9.37 Å². The van der Waals surface area contributed by atoms with Crippen LogP contribution in [0.2, 0.25) is 0 Å². The summed E-state index contributed by atoms with van der Waals surface area (Å²) in [6, 6.07) is 18.9. The number of hydrogen-bond acceptors (Lipinski definition) is 10. The summed E-state index contributed by atoms with van der Waals surface area (Å²) in [5.74, 6) is 2.44. The molecule has 0 saturated carbocycles. The SMILES string of the molecule is N#Cc1ccc(COc2cccc(N3CC4CCC(C3)N4Cc3nc4ccc(-c5nn[nH]n5)cc4n3C[C@@H]3CCO3)n2)c(F)c1. The van der Waals surface area contributed by atoms with Crippen LogP contribution in [0.25, 0.3) is 22.4 Å². The summed E-state index contributed by atoms with van der Waals surface area (Å²) in [4.78, 5) is 14.8. The lowest BCUT2D eigenvalue weighted by Crippen LogP contribution is -2.53. The molecule has 228 valence electrons. The Morgan fingerprint density at radius 3 is 2.64 bits per heavy atom. The van der Waals surface area contributed by atoms with Gasteiger partial charge in [-0.05, 0) is 60.9 Å². The smallest absolute Gasteiger partial charge is 0.215 e. The number of fused-ring (bicyclic) bond motifs is 3. The zero-order chi connectivity index (χ0) is 30.3. The maximum Gasteiger partial charge on any atom is 0.215 e. The van der Waals surface area contributed by atoms with Gasteiger partial charge in [0.2, 0.25) is 11.7 Å². The number of ether oxygens (including phenoxy) is 2. The molecule has 3 aliphatic heterocycles. The van der Waals surface area contributed by atoms with Crippen LogP contribution in [0.5, 0.6) is 5.88 Å². The van der Waals surface area contributed by atoms with Crippen molar-refractivity contribution < 1.29 is 13.9 Å². The number of pyridine rings is 1. The standard InChI is InChI=1S/C32H31FN10O2/c33-26-12-20(14-34)4-5-22(26)19-45-31-3-1-2-29(36-31)41-15-23-7-8-24(16-41)42(23)18-30-35-27-9-6-21(32-37-39-40-38-32)13-28(27)43(30)17-25-10-11-44-25/h1-6,9,12-13,23-25H,7-8,10-11,15-19H2,(H,37,38,39,40)/t23?,24?,25-/m0/s1. The van der Waals surface area contributed by atoms with Gasteiger partial charge in [0, 0.05) is 49.0 Å². The number of nitrogens with one attached hydrogen (secondary N) is 1. The average molecular weight is 607 g/mol. The summed E-state index contributed by atoms with van der Waals surface area (Å²) >= 11 is 0. The predicted molar refractivity (Wildman–Crippen MR) is 162 cm³/mol. The number of H-pyrrole nitrogens is 1. The van der Waals surface area contributed by atoms with Gasteiger partial charge in [0.1, 0.15) is 24.1 Å². The Balaban J connectivity index is 0.988. The molecule has 12 nitrogen and oxygen atoms in total. The number of nitriles is 1. The molecule has 0 radical (unpaired) electrons. The van der Waals surface area contributed by atoms with Gasteiger partial charge >= 0.3 is 0 Å². The van der Waals surface area contributed by atoms with Crippen LogP contribution < -0.4 is 9.64 Å². The molecule has 2 unspecified atom stereocenters. The number of anilines is 1. The fourth-order valence-electron chi connectivity index (χ4n) is 6.70. The van der Waals surface area contributed by atoms with Crippen LogP contribution in [0.3, 0.4) is 0 Å². The van der Waals surface area contributed by atoms with E-state index >= 15 is 0 Å². The molecular weight excluding hydrogens is 575 g/mol. The number of imidazole rings is 1. The molecule has 2 aromatic carbocycles. The van der Waals surface area contributed by atoms with Crippen molar-refractivity contribution in [2.75, 3.05) is 24.6 Å². The first-order valence-electron chi connectivity index (χ1n) is 15.2. The van der Waals surface area contributed by atoms with E-state index < -0.39 is 5.82 Å². The largest absolute Gasteiger partial charge is 0.473 e. The van der Waals surface area contributed by atoms with E-state index in [4.69, 9.17) is 24.7 Å². The van der Waals surface area contributed by atoms with Gasteiger partial charge in [-0.15, -0.1) is 10.2 Å². The highest BCUT2D eigenvalue weighted by molar-refractivity contribution is 5.81. The van der Waals surface area contributed by atoms with Crippen molar-refractivity contribution >= 4 is 16.9 Å². The average Bonchev–Trinajstić information content (AvgIpc) is 3.75. The summed E-state index contributed by atoms with van der Waals surface area (Å²) < 4.78 is 28.4. The number of nitrogens with zero attached hydrogens (tertiary/aromatic N) is 9. The van der Waals surface area contributed by atoms with Gasteiger partial charge in [-0.2, -0.15) is 15.5 Å². The summed E-state index contributed by atoms with van der Waals surface area (Å²) in [7, 11) is 0. The second-order valence-electron chi connectivity index (χ2n) is 11.9. The molecule has 0 amide bonds. The third-order valence-electron chi connectivity index (χ3n) is 9.16. The lowest BCUT2D eigenvalue weighted by molar-refractivity contribution is -0.0592. The first-order chi connectivity index (χ1) is 22.1. The molecule has 5 aromatic rings. The molecule has 8 rings (SSSR count). The van der Waals surface area contributed by atoms with Gasteiger partial charge < -0.3 is 18.9 Å². The molecule has 2 bridgehead atoms. The van der Waals surface area contributed by atoms with Gasteiger partial charge in [-0.1, -0.05) is 12.1 Å². The fraction of sp³-hybridized carbons (Fsp3) is 0.375. The molecule has 13 heteroatoms. The third-order valence-corrected chi connectivity index (χ3v) is 9.16. The van der Waals surface area contributed by atoms with E-state index in [9.17, 15) is 4.39 Å². The number of hydrogen-bond donors (Lipinski definition) is 1. The monoisotopic (exact) mass is 606 g/mol.